The molecule has 224 valence electrons. The van der Waals surface area contributed by atoms with Gasteiger partial charge >= 0.3 is 0 Å². The minimum absolute atomic E-state index is 0.0543. The Morgan fingerprint density at radius 2 is 1.77 bits per heavy atom. The quantitative estimate of drug-likeness (QED) is 0.258. The molecule has 3 heterocycles. The van der Waals surface area contributed by atoms with Gasteiger partial charge in [-0.2, -0.15) is 0 Å². The van der Waals surface area contributed by atoms with Gasteiger partial charge in [-0.3, -0.25) is 14.2 Å². The van der Waals surface area contributed by atoms with Crippen molar-refractivity contribution in [1.82, 2.24) is 19.9 Å². The zero-order valence-corrected chi connectivity index (χ0v) is 24.5. The van der Waals surface area contributed by atoms with Crippen LogP contribution in [0.25, 0.3) is 22.4 Å². The number of nitrogens with zero attached hydrogens (tertiary/aromatic N) is 4. The Balaban J connectivity index is 1.39. The number of anilines is 1. The first kappa shape index (κ1) is 28.9. The van der Waals surface area contributed by atoms with Crippen molar-refractivity contribution < 1.29 is 18.7 Å². The number of ether oxygens (including phenoxy) is 2. The Labute approximate surface area is 253 Å². The van der Waals surface area contributed by atoms with Crippen molar-refractivity contribution in [3.05, 3.63) is 112 Å². The number of benzene rings is 3. The van der Waals surface area contributed by atoms with Gasteiger partial charge in [-0.05, 0) is 54.8 Å². The SMILES string of the molecule is COc1ccc(Cn2c(-c3ccccc3F)nc3ccc(N4CCC[C@@H]4C(=O)NCc4ccccc4)nc3c2=O)c(OC)c1. The second-order valence-corrected chi connectivity index (χ2v) is 10.6. The second-order valence-electron chi connectivity index (χ2n) is 10.6. The van der Waals surface area contributed by atoms with Crippen LogP contribution in [0, 0.1) is 5.82 Å². The highest BCUT2D eigenvalue weighted by Crippen LogP contribution is 2.29. The van der Waals surface area contributed by atoms with Crippen LogP contribution >= 0.6 is 0 Å². The highest BCUT2D eigenvalue weighted by molar-refractivity contribution is 5.86. The minimum Gasteiger partial charge on any atom is -0.497 e. The standard InChI is InChI=1S/C34H32FN5O4/c1-43-24-15-14-23(29(19-24)44-2)21-40-32(25-11-6-7-12-26(25)35)37-27-16-17-30(38-31(27)34(40)42)39-18-8-13-28(39)33(41)36-20-22-9-4-3-5-10-22/h3-7,9-12,14-17,19,28H,8,13,18,20-21H2,1-2H3,(H,36,41)/t28-/m1/s1. The molecule has 1 fully saturated rings. The van der Waals surface area contributed by atoms with Crippen LogP contribution in [0.1, 0.15) is 24.0 Å². The van der Waals surface area contributed by atoms with Gasteiger partial charge in [0, 0.05) is 24.7 Å². The number of hydrogen-bond acceptors (Lipinski definition) is 7. The molecule has 0 unspecified atom stereocenters. The molecule has 1 amide bonds. The lowest BCUT2D eigenvalue weighted by atomic mass is 10.1. The first-order valence-electron chi connectivity index (χ1n) is 14.4. The Bertz CT molecular complexity index is 1880. The molecule has 1 N–H and O–H groups in total. The molecule has 10 heteroatoms. The molecule has 5 aromatic rings. The molecule has 1 aliphatic rings. The average molecular weight is 594 g/mol. The van der Waals surface area contributed by atoms with Crippen LogP contribution in [-0.4, -0.2) is 47.2 Å². The number of methoxy groups -OCH3 is 2. The number of nitrogens with one attached hydrogen (secondary N) is 1. The molecule has 0 radical (unpaired) electrons. The fourth-order valence-corrected chi connectivity index (χ4v) is 5.61. The fourth-order valence-electron chi connectivity index (χ4n) is 5.61. The van der Waals surface area contributed by atoms with Crippen molar-refractivity contribution in [2.24, 2.45) is 0 Å². The molecule has 0 spiro atoms. The number of carbonyl (C=O) groups excluding carboxylic acids is 1. The molecular weight excluding hydrogens is 561 g/mol. The number of rotatable bonds is 9. The molecule has 1 atom stereocenters. The largest absolute Gasteiger partial charge is 0.497 e. The van der Waals surface area contributed by atoms with E-state index in [1.165, 1.54) is 17.7 Å². The first-order valence-corrected chi connectivity index (χ1v) is 14.4. The van der Waals surface area contributed by atoms with Gasteiger partial charge < -0.3 is 19.7 Å². The molecule has 0 bridgehead atoms. The number of amides is 1. The zero-order chi connectivity index (χ0) is 30.6. The molecule has 3 aromatic carbocycles. The molecule has 9 nitrogen and oxygen atoms in total. The molecule has 1 aliphatic heterocycles. The lowest BCUT2D eigenvalue weighted by molar-refractivity contribution is -0.122. The van der Waals surface area contributed by atoms with Crippen molar-refractivity contribution >= 4 is 22.8 Å². The number of halogens is 1. The van der Waals surface area contributed by atoms with Gasteiger partial charge in [0.25, 0.3) is 5.56 Å². The van der Waals surface area contributed by atoms with Gasteiger partial charge in [0.15, 0.2) is 5.52 Å². The minimum atomic E-state index is -0.500. The zero-order valence-electron chi connectivity index (χ0n) is 24.5. The van der Waals surface area contributed by atoms with E-state index in [0.29, 0.717) is 47.9 Å². The monoisotopic (exact) mass is 593 g/mol. The maximum Gasteiger partial charge on any atom is 0.280 e. The van der Waals surface area contributed by atoms with Crippen molar-refractivity contribution in [2.45, 2.75) is 32.0 Å². The summed E-state index contributed by atoms with van der Waals surface area (Å²) in [6.45, 7) is 1.11. The summed E-state index contributed by atoms with van der Waals surface area (Å²) in [4.78, 5) is 38.8. The van der Waals surface area contributed by atoms with E-state index in [9.17, 15) is 9.59 Å². The predicted octanol–water partition coefficient (Wildman–Crippen LogP) is 4.95. The van der Waals surface area contributed by atoms with Gasteiger partial charge in [0.1, 0.15) is 35.0 Å². The smallest absolute Gasteiger partial charge is 0.280 e. The van der Waals surface area contributed by atoms with E-state index in [-0.39, 0.29) is 29.4 Å². The van der Waals surface area contributed by atoms with Crippen LogP contribution in [0.2, 0.25) is 0 Å². The van der Waals surface area contributed by atoms with Crippen LogP contribution in [-0.2, 0) is 17.9 Å². The third-order valence-corrected chi connectivity index (χ3v) is 7.89. The molecule has 0 saturated carbocycles. The summed E-state index contributed by atoms with van der Waals surface area (Å²) < 4.78 is 27.4. The van der Waals surface area contributed by atoms with E-state index in [4.69, 9.17) is 19.4 Å². The van der Waals surface area contributed by atoms with E-state index in [2.05, 4.69) is 5.32 Å². The third-order valence-electron chi connectivity index (χ3n) is 7.89. The summed E-state index contributed by atoms with van der Waals surface area (Å²) in [5.74, 6) is 1.21. The Morgan fingerprint density at radius 1 is 0.977 bits per heavy atom. The maximum atomic E-state index is 15.1. The van der Waals surface area contributed by atoms with Crippen LogP contribution in [0.5, 0.6) is 11.5 Å². The van der Waals surface area contributed by atoms with Gasteiger partial charge in [-0.25, -0.2) is 14.4 Å². The van der Waals surface area contributed by atoms with E-state index in [0.717, 1.165) is 12.0 Å². The molecule has 2 aromatic heterocycles. The lowest BCUT2D eigenvalue weighted by Gasteiger charge is -2.25. The number of pyridine rings is 1. The van der Waals surface area contributed by atoms with Gasteiger partial charge in [0.05, 0.1) is 31.8 Å². The Hall–Kier alpha value is -5.25. The second kappa shape index (κ2) is 12.5. The van der Waals surface area contributed by atoms with E-state index < -0.39 is 17.4 Å². The van der Waals surface area contributed by atoms with Crippen molar-refractivity contribution in [3.8, 4) is 22.9 Å². The van der Waals surface area contributed by atoms with Crippen molar-refractivity contribution in [2.75, 3.05) is 25.7 Å². The summed E-state index contributed by atoms with van der Waals surface area (Å²) in [5.41, 5.74) is 1.92. The topological polar surface area (TPSA) is 98.6 Å². The first-order chi connectivity index (χ1) is 21.5. The maximum absolute atomic E-state index is 15.1. The number of aromatic nitrogens is 3. The van der Waals surface area contributed by atoms with Gasteiger partial charge in [0.2, 0.25) is 5.91 Å². The lowest BCUT2D eigenvalue weighted by Crippen LogP contribution is -2.43. The van der Waals surface area contributed by atoms with Crippen LogP contribution < -0.4 is 25.2 Å². The summed E-state index contributed by atoms with van der Waals surface area (Å²) in [6.07, 6.45) is 1.49. The van der Waals surface area contributed by atoms with Gasteiger partial charge in [-0.15, -0.1) is 0 Å². The Morgan fingerprint density at radius 3 is 2.55 bits per heavy atom. The van der Waals surface area contributed by atoms with E-state index >= 15 is 4.39 Å². The highest BCUT2D eigenvalue weighted by Gasteiger charge is 2.32. The van der Waals surface area contributed by atoms with Crippen LogP contribution in [0.4, 0.5) is 10.2 Å². The van der Waals surface area contributed by atoms with Crippen molar-refractivity contribution in [1.29, 1.82) is 0 Å². The molecular formula is C34H32FN5O4. The van der Waals surface area contributed by atoms with E-state index in [1.807, 2.05) is 35.2 Å². The summed E-state index contributed by atoms with van der Waals surface area (Å²) in [7, 11) is 3.09. The molecule has 44 heavy (non-hydrogen) atoms. The molecule has 1 saturated heterocycles. The number of carbonyl (C=O) groups is 1. The third kappa shape index (κ3) is 5.70. The van der Waals surface area contributed by atoms with E-state index in [1.54, 1.807) is 55.6 Å². The van der Waals surface area contributed by atoms with Crippen LogP contribution in [0.3, 0.4) is 0 Å². The predicted molar refractivity (Wildman–Crippen MR) is 166 cm³/mol. The average Bonchev–Trinajstić information content (AvgIpc) is 3.56. The summed E-state index contributed by atoms with van der Waals surface area (Å²) in [6, 6.07) is 24.3. The summed E-state index contributed by atoms with van der Waals surface area (Å²) >= 11 is 0. The highest BCUT2D eigenvalue weighted by atomic mass is 19.1. The number of hydrogen-bond donors (Lipinski definition) is 1. The number of fused-ring (bicyclic) bond motifs is 1. The fraction of sp³-hybridized carbons (Fsp3) is 0.235. The molecule has 6 rings (SSSR count). The Kier molecular flexibility index (Phi) is 8.23. The van der Waals surface area contributed by atoms with Crippen LogP contribution in [0.15, 0.2) is 89.7 Å². The normalized spacial score (nSPS) is 14.5. The summed E-state index contributed by atoms with van der Waals surface area (Å²) in [5, 5.41) is 3.03. The molecule has 0 aliphatic carbocycles. The van der Waals surface area contributed by atoms with Gasteiger partial charge in [-0.1, -0.05) is 42.5 Å². The van der Waals surface area contributed by atoms with Crippen molar-refractivity contribution in [3.63, 3.8) is 0 Å².